The van der Waals surface area contributed by atoms with E-state index in [9.17, 15) is 9.59 Å². The third-order valence-electron chi connectivity index (χ3n) is 4.72. The Morgan fingerprint density at radius 2 is 1.92 bits per heavy atom. The smallest absolute Gasteiger partial charge is 0.408 e. The molecule has 138 valence electrons. The van der Waals surface area contributed by atoms with E-state index in [1.54, 1.807) is 4.57 Å². The lowest BCUT2D eigenvalue weighted by Gasteiger charge is -2.16. The Balaban J connectivity index is 2.30. The average Bonchev–Trinajstić information content (AvgIpc) is 2.94. The molecular weight excluding hydrogens is 320 g/mol. The Morgan fingerprint density at radius 1 is 1.24 bits per heavy atom. The Labute approximate surface area is 147 Å². The third-order valence-corrected chi connectivity index (χ3v) is 4.72. The number of nitrogens with zero attached hydrogens (tertiary/aromatic N) is 1. The van der Waals surface area contributed by atoms with Crippen LogP contribution in [0.5, 0.6) is 0 Å². The van der Waals surface area contributed by atoms with Gasteiger partial charge in [-0.2, -0.15) is 5.90 Å². The van der Waals surface area contributed by atoms with Crippen molar-refractivity contribution < 1.29 is 14.0 Å². The summed E-state index contributed by atoms with van der Waals surface area (Å²) in [6.07, 6.45) is 5.12. The zero-order valence-electron chi connectivity index (χ0n) is 15.3. The third kappa shape index (κ3) is 4.51. The second-order valence-electron chi connectivity index (χ2n) is 6.62. The molecule has 1 heterocycles. The summed E-state index contributed by atoms with van der Waals surface area (Å²) in [6.45, 7) is 6.25. The van der Waals surface area contributed by atoms with Crippen LogP contribution in [0.1, 0.15) is 76.8 Å². The monoisotopic (exact) mass is 348 g/mol. The molecule has 0 aliphatic rings. The van der Waals surface area contributed by atoms with Crippen LogP contribution in [-0.4, -0.2) is 10.5 Å². The molecule has 1 aromatic heterocycles. The van der Waals surface area contributed by atoms with E-state index in [1.807, 2.05) is 19.1 Å². The lowest BCUT2D eigenvalue weighted by molar-refractivity contribution is -0.144. The van der Waals surface area contributed by atoms with Crippen LogP contribution in [-0.2, 0) is 9.63 Å². The number of hydrogen-bond donors (Lipinski definition) is 1. The highest BCUT2D eigenvalue weighted by atomic mass is 16.7. The van der Waals surface area contributed by atoms with Gasteiger partial charge in [0.25, 0.3) is 0 Å². The number of rotatable bonds is 9. The van der Waals surface area contributed by atoms with Crippen molar-refractivity contribution in [2.45, 2.75) is 71.3 Å². The number of oxazole rings is 1. The first kappa shape index (κ1) is 19.2. The van der Waals surface area contributed by atoms with Crippen molar-refractivity contribution in [1.29, 1.82) is 0 Å². The molecule has 0 amide bonds. The van der Waals surface area contributed by atoms with Gasteiger partial charge in [-0.1, -0.05) is 32.8 Å². The first-order valence-electron chi connectivity index (χ1n) is 9.06. The summed E-state index contributed by atoms with van der Waals surface area (Å²) in [5, 5.41) is 0. The van der Waals surface area contributed by atoms with Crippen LogP contribution in [0.25, 0.3) is 11.1 Å². The summed E-state index contributed by atoms with van der Waals surface area (Å²) in [7, 11) is 0. The molecular formula is C19H28N2O4. The van der Waals surface area contributed by atoms with Gasteiger partial charge in [-0.05, 0) is 49.8 Å². The quantitative estimate of drug-likeness (QED) is 0.691. The van der Waals surface area contributed by atoms with Crippen molar-refractivity contribution >= 4 is 17.1 Å². The van der Waals surface area contributed by atoms with E-state index in [-0.39, 0.29) is 12.5 Å². The summed E-state index contributed by atoms with van der Waals surface area (Å²) in [5.41, 5.74) is 2.58. The van der Waals surface area contributed by atoms with E-state index in [2.05, 4.69) is 24.8 Å². The molecule has 0 fully saturated rings. The van der Waals surface area contributed by atoms with Gasteiger partial charge in [0.1, 0.15) is 0 Å². The molecule has 0 saturated carbocycles. The summed E-state index contributed by atoms with van der Waals surface area (Å²) >= 11 is 0. The van der Waals surface area contributed by atoms with Gasteiger partial charge in [-0.3, -0.25) is 9.36 Å². The van der Waals surface area contributed by atoms with Crippen LogP contribution in [0.3, 0.4) is 0 Å². The van der Waals surface area contributed by atoms with Crippen molar-refractivity contribution in [3.63, 3.8) is 0 Å². The van der Waals surface area contributed by atoms with Crippen LogP contribution >= 0.6 is 0 Å². The molecule has 0 aliphatic heterocycles. The average molecular weight is 348 g/mol. The van der Waals surface area contributed by atoms with Crippen LogP contribution < -0.4 is 11.7 Å². The summed E-state index contributed by atoms with van der Waals surface area (Å²) in [4.78, 5) is 27.7. The first-order chi connectivity index (χ1) is 12.0. The highest BCUT2D eigenvalue weighted by Crippen LogP contribution is 2.29. The topological polar surface area (TPSA) is 87.5 Å². The van der Waals surface area contributed by atoms with Gasteiger partial charge in [0, 0.05) is 12.5 Å². The zero-order valence-corrected chi connectivity index (χ0v) is 15.3. The molecule has 0 aliphatic carbocycles. The van der Waals surface area contributed by atoms with Gasteiger partial charge < -0.3 is 9.25 Å². The highest BCUT2D eigenvalue weighted by Gasteiger charge is 2.18. The molecule has 25 heavy (non-hydrogen) atoms. The second kappa shape index (κ2) is 8.85. The van der Waals surface area contributed by atoms with Crippen molar-refractivity contribution in [3.05, 3.63) is 34.3 Å². The van der Waals surface area contributed by atoms with E-state index in [0.717, 1.165) is 31.2 Å². The Bertz CT molecular complexity index is 756. The van der Waals surface area contributed by atoms with E-state index in [1.165, 1.54) is 5.56 Å². The first-order valence-corrected chi connectivity index (χ1v) is 9.06. The maximum Gasteiger partial charge on any atom is 0.420 e. The number of benzene rings is 1. The van der Waals surface area contributed by atoms with Crippen molar-refractivity contribution in [1.82, 2.24) is 4.57 Å². The Morgan fingerprint density at radius 3 is 2.52 bits per heavy atom. The molecule has 6 heteroatoms. The molecule has 2 N–H and O–H groups in total. The van der Waals surface area contributed by atoms with Gasteiger partial charge in [0.2, 0.25) is 0 Å². The molecule has 0 bridgehead atoms. The number of nitrogens with two attached hydrogens (primary N) is 1. The lowest BCUT2D eigenvalue weighted by Crippen LogP contribution is -2.20. The van der Waals surface area contributed by atoms with Gasteiger partial charge >= 0.3 is 11.7 Å². The number of carbonyl (C=O) groups excluding carboxylic acids is 1. The summed E-state index contributed by atoms with van der Waals surface area (Å²) in [6, 6.07) is 5.85. The zero-order chi connectivity index (χ0) is 18.4. The number of hydrogen-bond acceptors (Lipinski definition) is 5. The van der Waals surface area contributed by atoms with Crippen molar-refractivity contribution in [2.24, 2.45) is 5.90 Å². The molecule has 2 aromatic rings. The molecule has 1 atom stereocenters. The Hall–Kier alpha value is -2.08. The predicted molar refractivity (Wildman–Crippen MR) is 97.3 cm³/mol. The fourth-order valence-electron chi connectivity index (χ4n) is 3.41. The minimum atomic E-state index is -0.489. The molecule has 0 saturated heterocycles. The van der Waals surface area contributed by atoms with Crippen LogP contribution in [0.2, 0.25) is 0 Å². The molecule has 0 radical (unpaired) electrons. The number of aromatic nitrogens is 1. The molecule has 6 nitrogen and oxygen atoms in total. The highest BCUT2D eigenvalue weighted by molar-refractivity contribution is 5.74. The van der Waals surface area contributed by atoms with E-state index in [4.69, 9.17) is 10.3 Å². The fourth-order valence-corrected chi connectivity index (χ4v) is 3.41. The lowest BCUT2D eigenvalue weighted by atomic mass is 9.90. The number of carbonyl (C=O) groups is 1. The molecule has 2 rings (SSSR count). The normalized spacial score (nSPS) is 12.7. The van der Waals surface area contributed by atoms with Gasteiger partial charge in [-0.25, -0.2) is 4.79 Å². The van der Waals surface area contributed by atoms with Crippen molar-refractivity contribution in [3.8, 4) is 0 Å². The minimum Gasteiger partial charge on any atom is -0.408 e. The van der Waals surface area contributed by atoms with E-state index >= 15 is 0 Å². The molecule has 0 spiro atoms. The SMILES string of the molecule is CCCC(CCC)c1ccc2c(c1)oc(=O)n2C(C)CCC(=O)ON. The van der Waals surface area contributed by atoms with Gasteiger partial charge in [0.15, 0.2) is 5.58 Å². The van der Waals surface area contributed by atoms with Gasteiger partial charge in [0.05, 0.1) is 5.52 Å². The van der Waals surface area contributed by atoms with E-state index < -0.39 is 11.7 Å². The maximum absolute atomic E-state index is 12.3. The minimum absolute atomic E-state index is 0.157. The second-order valence-corrected chi connectivity index (χ2v) is 6.62. The standard InChI is InChI=1S/C19H28N2O4/c1-4-6-14(7-5-2)15-9-10-16-17(12-15)24-19(23)21(16)13(3)8-11-18(22)25-20/h9-10,12-14H,4-8,11,20H2,1-3H3. The largest absolute Gasteiger partial charge is 0.420 e. The fraction of sp³-hybridized carbons (Fsp3) is 0.579. The van der Waals surface area contributed by atoms with Crippen LogP contribution in [0.15, 0.2) is 27.4 Å². The Kier molecular flexibility index (Phi) is 6.82. The van der Waals surface area contributed by atoms with E-state index in [0.29, 0.717) is 17.9 Å². The maximum atomic E-state index is 12.3. The number of fused-ring (bicyclic) bond motifs is 1. The van der Waals surface area contributed by atoms with Gasteiger partial charge in [-0.15, -0.1) is 0 Å². The van der Waals surface area contributed by atoms with Crippen LogP contribution in [0.4, 0.5) is 0 Å². The van der Waals surface area contributed by atoms with Crippen molar-refractivity contribution in [2.75, 3.05) is 0 Å². The predicted octanol–water partition coefficient (Wildman–Crippen LogP) is 4.04. The summed E-state index contributed by atoms with van der Waals surface area (Å²) < 4.78 is 7.06. The molecule has 1 unspecified atom stereocenters. The molecule has 1 aromatic carbocycles. The summed E-state index contributed by atoms with van der Waals surface area (Å²) in [5.74, 6) is 4.46. The van der Waals surface area contributed by atoms with Crippen LogP contribution in [0, 0.1) is 0 Å².